The first-order valence-corrected chi connectivity index (χ1v) is 14.6. The first-order valence-electron chi connectivity index (χ1n) is 11.8. The molecular weight excluding hydrogens is 474 g/mol. The van der Waals surface area contributed by atoms with E-state index >= 15 is 0 Å². The van der Waals surface area contributed by atoms with Gasteiger partial charge in [-0.05, 0) is 61.4 Å². The molecule has 3 aromatic rings. The summed E-state index contributed by atoms with van der Waals surface area (Å²) in [6, 6.07) is 13.8. The minimum absolute atomic E-state index is 0.350. The highest BCUT2D eigenvalue weighted by Crippen LogP contribution is 2.38. The molecule has 0 unspecified atom stereocenters. The summed E-state index contributed by atoms with van der Waals surface area (Å²) < 4.78 is 30.7. The summed E-state index contributed by atoms with van der Waals surface area (Å²) in [6.07, 6.45) is 6.72. The summed E-state index contributed by atoms with van der Waals surface area (Å²) in [5.41, 5.74) is 2.86. The van der Waals surface area contributed by atoms with Gasteiger partial charge in [0.2, 0.25) is 10.0 Å². The van der Waals surface area contributed by atoms with Gasteiger partial charge in [0, 0.05) is 29.9 Å². The van der Waals surface area contributed by atoms with Crippen LogP contribution in [-0.2, 0) is 15.8 Å². The van der Waals surface area contributed by atoms with E-state index in [2.05, 4.69) is 11.5 Å². The number of hydrogen-bond acceptors (Lipinski definition) is 4. The molecule has 176 valence electrons. The Morgan fingerprint density at radius 3 is 2.64 bits per heavy atom. The molecule has 0 N–H and O–H groups in total. The number of benzene rings is 2. The average molecular weight is 504 g/mol. The SMILES string of the molecule is C[C@@H]1CCCN(S(=O)(=O)c2ccc3c(c2)nc(SCc2ccccc2Cl)n3C2CCCC2)C1. The van der Waals surface area contributed by atoms with Crippen molar-refractivity contribution in [3.8, 4) is 0 Å². The lowest BCUT2D eigenvalue weighted by atomic mass is 10.0. The van der Waals surface area contributed by atoms with Crippen molar-refractivity contribution in [3.63, 3.8) is 0 Å². The number of hydrogen-bond donors (Lipinski definition) is 0. The van der Waals surface area contributed by atoms with Gasteiger partial charge in [-0.25, -0.2) is 13.4 Å². The molecule has 2 aliphatic rings. The standard InChI is InChI=1S/C25H30ClN3O2S2/c1-18-7-6-14-28(16-18)33(30,31)21-12-13-24-23(15-21)27-25(29(24)20-9-3-4-10-20)32-17-19-8-2-5-11-22(19)26/h2,5,8,11-13,15,18,20H,3-4,6-7,9-10,14,16-17H2,1H3/t18-/m1/s1. The highest BCUT2D eigenvalue weighted by atomic mass is 35.5. The lowest BCUT2D eigenvalue weighted by molar-refractivity contribution is 0.281. The minimum Gasteiger partial charge on any atom is -0.316 e. The fraction of sp³-hybridized carbons (Fsp3) is 0.480. The van der Waals surface area contributed by atoms with Gasteiger partial charge >= 0.3 is 0 Å². The summed E-state index contributed by atoms with van der Waals surface area (Å²) in [5.74, 6) is 1.12. The molecule has 2 aromatic carbocycles. The molecule has 1 aliphatic carbocycles. The number of sulfonamides is 1. The Kier molecular flexibility index (Phi) is 6.76. The molecule has 8 heteroatoms. The maximum absolute atomic E-state index is 13.3. The molecule has 5 nitrogen and oxygen atoms in total. The van der Waals surface area contributed by atoms with Gasteiger partial charge in [0.05, 0.1) is 15.9 Å². The summed E-state index contributed by atoms with van der Waals surface area (Å²) in [6.45, 7) is 3.31. The lowest BCUT2D eigenvalue weighted by Crippen LogP contribution is -2.39. The first kappa shape index (κ1) is 23.2. The Balaban J connectivity index is 1.50. The van der Waals surface area contributed by atoms with Gasteiger partial charge in [-0.15, -0.1) is 0 Å². The molecule has 2 fully saturated rings. The molecule has 0 amide bonds. The predicted octanol–water partition coefficient (Wildman–Crippen LogP) is 6.52. The van der Waals surface area contributed by atoms with E-state index in [-0.39, 0.29) is 0 Å². The Morgan fingerprint density at radius 2 is 1.88 bits per heavy atom. The molecule has 1 aromatic heterocycles. The second-order valence-corrected chi connectivity index (χ2v) is 12.6. The summed E-state index contributed by atoms with van der Waals surface area (Å²) in [7, 11) is -3.51. The number of piperidine rings is 1. The van der Waals surface area contributed by atoms with Crippen molar-refractivity contribution >= 4 is 44.4 Å². The molecule has 0 spiro atoms. The number of nitrogens with zero attached hydrogens (tertiary/aromatic N) is 3. The Hall–Kier alpha value is -1.54. The van der Waals surface area contributed by atoms with Crippen LogP contribution in [0.5, 0.6) is 0 Å². The smallest absolute Gasteiger partial charge is 0.243 e. The van der Waals surface area contributed by atoms with E-state index in [0.717, 1.165) is 58.2 Å². The number of imidazole rings is 1. The van der Waals surface area contributed by atoms with Crippen LogP contribution in [0.4, 0.5) is 0 Å². The highest BCUT2D eigenvalue weighted by molar-refractivity contribution is 7.98. The van der Waals surface area contributed by atoms with E-state index in [0.29, 0.717) is 29.9 Å². The van der Waals surface area contributed by atoms with E-state index < -0.39 is 10.0 Å². The Morgan fingerprint density at radius 1 is 1.09 bits per heavy atom. The average Bonchev–Trinajstić information content (AvgIpc) is 3.45. The number of rotatable bonds is 6. The van der Waals surface area contributed by atoms with Gasteiger partial charge in [-0.1, -0.05) is 61.3 Å². The van der Waals surface area contributed by atoms with E-state index in [1.165, 1.54) is 12.8 Å². The summed E-state index contributed by atoms with van der Waals surface area (Å²) >= 11 is 8.06. The van der Waals surface area contributed by atoms with Crippen molar-refractivity contribution in [1.29, 1.82) is 0 Å². The van der Waals surface area contributed by atoms with Crippen molar-refractivity contribution < 1.29 is 8.42 Å². The molecule has 1 saturated heterocycles. The Labute approximate surface area is 205 Å². The second-order valence-electron chi connectivity index (χ2n) is 9.34. The molecule has 5 rings (SSSR count). The van der Waals surface area contributed by atoms with E-state index in [1.54, 1.807) is 28.2 Å². The highest BCUT2D eigenvalue weighted by Gasteiger charge is 2.30. The lowest BCUT2D eigenvalue weighted by Gasteiger charge is -2.30. The van der Waals surface area contributed by atoms with Crippen molar-refractivity contribution in [1.82, 2.24) is 13.9 Å². The largest absolute Gasteiger partial charge is 0.316 e. The number of halogens is 1. The van der Waals surface area contributed by atoms with Crippen molar-refractivity contribution in [3.05, 3.63) is 53.1 Å². The third-order valence-corrected chi connectivity index (χ3v) is 10.1. The minimum atomic E-state index is -3.51. The van der Waals surface area contributed by atoms with E-state index in [1.807, 2.05) is 30.3 Å². The van der Waals surface area contributed by atoms with Crippen molar-refractivity contribution in [2.24, 2.45) is 5.92 Å². The fourth-order valence-electron chi connectivity index (χ4n) is 5.11. The molecule has 1 saturated carbocycles. The third-order valence-electron chi connectivity index (χ3n) is 6.89. The van der Waals surface area contributed by atoms with Gasteiger partial charge < -0.3 is 4.57 Å². The zero-order valence-electron chi connectivity index (χ0n) is 18.9. The monoisotopic (exact) mass is 503 g/mol. The molecule has 0 radical (unpaired) electrons. The third kappa shape index (κ3) is 4.70. The maximum Gasteiger partial charge on any atom is 0.243 e. The zero-order valence-corrected chi connectivity index (χ0v) is 21.3. The van der Waals surface area contributed by atoms with E-state index in [4.69, 9.17) is 16.6 Å². The number of thioether (sulfide) groups is 1. The molecule has 33 heavy (non-hydrogen) atoms. The Bertz CT molecular complexity index is 1250. The van der Waals surface area contributed by atoms with Gasteiger partial charge in [-0.2, -0.15) is 4.31 Å². The molecule has 1 aliphatic heterocycles. The maximum atomic E-state index is 13.3. The van der Waals surface area contributed by atoms with Gasteiger partial charge in [0.1, 0.15) is 0 Å². The van der Waals surface area contributed by atoms with Crippen LogP contribution >= 0.6 is 23.4 Å². The van der Waals surface area contributed by atoms with Crippen LogP contribution in [0.1, 0.15) is 57.1 Å². The summed E-state index contributed by atoms with van der Waals surface area (Å²) in [4.78, 5) is 5.29. The summed E-state index contributed by atoms with van der Waals surface area (Å²) in [5, 5.41) is 1.70. The first-order chi connectivity index (χ1) is 15.9. The number of fused-ring (bicyclic) bond motifs is 1. The second kappa shape index (κ2) is 9.61. The number of aromatic nitrogens is 2. The molecule has 2 heterocycles. The van der Waals surface area contributed by atoms with E-state index in [9.17, 15) is 8.42 Å². The molecular formula is C25H30ClN3O2S2. The predicted molar refractivity (Wildman–Crippen MR) is 135 cm³/mol. The van der Waals surface area contributed by atoms with Crippen LogP contribution in [0, 0.1) is 5.92 Å². The zero-order chi connectivity index (χ0) is 23.0. The normalized spacial score (nSPS) is 20.6. The topological polar surface area (TPSA) is 55.2 Å². The molecule has 0 bridgehead atoms. The van der Waals surface area contributed by atoms with Crippen LogP contribution in [0.15, 0.2) is 52.5 Å². The van der Waals surface area contributed by atoms with Gasteiger partial charge in [0.25, 0.3) is 0 Å². The van der Waals surface area contributed by atoms with Crippen molar-refractivity contribution in [2.75, 3.05) is 13.1 Å². The van der Waals surface area contributed by atoms with Gasteiger partial charge in [0.15, 0.2) is 5.16 Å². The quantitative estimate of drug-likeness (QED) is 0.359. The molecule has 1 atom stereocenters. The van der Waals surface area contributed by atoms with Crippen molar-refractivity contribution in [2.45, 2.75) is 67.3 Å². The van der Waals surface area contributed by atoms with Crippen LogP contribution < -0.4 is 0 Å². The van der Waals surface area contributed by atoms with Crippen LogP contribution in [0.3, 0.4) is 0 Å². The van der Waals surface area contributed by atoms with Crippen LogP contribution in [0.25, 0.3) is 11.0 Å². The van der Waals surface area contributed by atoms with Gasteiger partial charge in [-0.3, -0.25) is 0 Å². The van der Waals surface area contributed by atoms with Crippen LogP contribution in [-0.4, -0.2) is 35.4 Å². The fourth-order valence-corrected chi connectivity index (χ4v) is 8.09. The van der Waals surface area contributed by atoms with Crippen LogP contribution in [0.2, 0.25) is 5.02 Å².